The highest BCUT2D eigenvalue weighted by atomic mass is 19.3. The second-order valence-corrected chi connectivity index (χ2v) is 6.33. The van der Waals surface area contributed by atoms with E-state index in [1.807, 2.05) is 23.0 Å². The van der Waals surface area contributed by atoms with E-state index < -0.39 is 12.2 Å². The van der Waals surface area contributed by atoms with Gasteiger partial charge in [-0.2, -0.15) is 5.10 Å². The molecule has 0 atom stereocenters. The molecule has 2 aromatic heterocycles. The number of fused-ring (bicyclic) bond motifs is 1. The summed E-state index contributed by atoms with van der Waals surface area (Å²) in [5.41, 5.74) is 4.02. The van der Waals surface area contributed by atoms with Crippen LogP contribution < -0.4 is 5.32 Å². The zero-order valence-corrected chi connectivity index (χ0v) is 13.9. The minimum Gasteiger partial charge on any atom is -0.312 e. The van der Waals surface area contributed by atoms with E-state index in [9.17, 15) is 13.2 Å². The third-order valence-corrected chi connectivity index (χ3v) is 4.47. The van der Waals surface area contributed by atoms with Crippen LogP contribution in [-0.2, 0) is 19.4 Å². The normalized spacial score (nSPS) is 13.8. The van der Waals surface area contributed by atoms with Gasteiger partial charge in [-0.05, 0) is 35.9 Å². The first-order valence-electron chi connectivity index (χ1n) is 8.39. The predicted octanol–water partition coefficient (Wildman–Crippen LogP) is 3.58. The molecule has 134 valence electrons. The lowest BCUT2D eigenvalue weighted by Crippen LogP contribution is -2.24. The minimum atomic E-state index is -2.70. The Morgan fingerprint density at radius 3 is 2.92 bits per heavy atom. The van der Waals surface area contributed by atoms with Gasteiger partial charge in [0.15, 0.2) is 0 Å². The van der Waals surface area contributed by atoms with Crippen LogP contribution in [0.15, 0.2) is 42.7 Å². The summed E-state index contributed by atoms with van der Waals surface area (Å²) in [6.45, 7) is 1.70. The van der Waals surface area contributed by atoms with E-state index in [0.29, 0.717) is 11.3 Å². The Morgan fingerprint density at radius 2 is 2.08 bits per heavy atom. The maximum Gasteiger partial charge on any atom is 0.263 e. The topological polar surface area (TPSA) is 42.7 Å². The highest BCUT2D eigenvalue weighted by Gasteiger charge is 2.16. The Labute approximate surface area is 148 Å². The van der Waals surface area contributed by atoms with Crippen LogP contribution >= 0.6 is 0 Å². The quantitative estimate of drug-likeness (QED) is 0.775. The molecule has 0 aliphatic carbocycles. The van der Waals surface area contributed by atoms with Crippen LogP contribution in [0.3, 0.4) is 0 Å². The van der Waals surface area contributed by atoms with Crippen LogP contribution in [0.5, 0.6) is 0 Å². The molecule has 1 aliphatic rings. The van der Waals surface area contributed by atoms with Crippen LogP contribution in [0.4, 0.5) is 13.2 Å². The first kappa shape index (κ1) is 16.8. The van der Waals surface area contributed by atoms with Gasteiger partial charge in [0.25, 0.3) is 6.43 Å². The first-order chi connectivity index (χ1) is 12.6. The number of pyridine rings is 1. The molecule has 0 spiro atoms. The van der Waals surface area contributed by atoms with Crippen LogP contribution in [0.1, 0.15) is 34.5 Å². The third kappa shape index (κ3) is 3.35. The summed E-state index contributed by atoms with van der Waals surface area (Å²) in [4.78, 5) is 4.30. The van der Waals surface area contributed by atoms with Crippen molar-refractivity contribution in [3.05, 3.63) is 76.6 Å². The van der Waals surface area contributed by atoms with Gasteiger partial charge < -0.3 is 5.32 Å². The van der Waals surface area contributed by atoms with Gasteiger partial charge in [-0.3, -0.25) is 4.98 Å². The molecule has 0 fully saturated rings. The highest BCUT2D eigenvalue weighted by molar-refractivity contribution is 5.38. The van der Waals surface area contributed by atoms with Crippen molar-refractivity contribution in [1.82, 2.24) is 20.1 Å². The number of hydrogen-bond acceptors (Lipinski definition) is 3. The first-order valence-corrected chi connectivity index (χ1v) is 8.39. The van der Waals surface area contributed by atoms with Gasteiger partial charge in [0.2, 0.25) is 0 Å². The standard InChI is InChI=1S/C19H17F3N4/c20-15-6-12(5-13(8-15)19(21)22)7-16-9-17(1-4-24-16)26-18-2-3-23-10-14(18)11-25-26/h1,4-6,8-9,11,19,23H,2-3,7,10H2. The molecule has 0 saturated carbocycles. The summed E-state index contributed by atoms with van der Waals surface area (Å²) < 4.78 is 41.2. The SMILES string of the molecule is Fc1cc(Cc2cc(-n3ncc4c3CCNC4)ccn2)cc(C(F)F)c1. The van der Waals surface area contributed by atoms with Gasteiger partial charge in [-0.25, -0.2) is 17.9 Å². The van der Waals surface area contributed by atoms with Crippen molar-refractivity contribution in [2.45, 2.75) is 25.8 Å². The Morgan fingerprint density at radius 1 is 1.19 bits per heavy atom. The summed E-state index contributed by atoms with van der Waals surface area (Å²) in [5.74, 6) is -0.664. The van der Waals surface area contributed by atoms with Gasteiger partial charge in [0.1, 0.15) is 5.82 Å². The van der Waals surface area contributed by atoms with E-state index >= 15 is 0 Å². The van der Waals surface area contributed by atoms with Crippen molar-refractivity contribution < 1.29 is 13.2 Å². The van der Waals surface area contributed by atoms with Crippen LogP contribution in [0, 0.1) is 5.82 Å². The van der Waals surface area contributed by atoms with Gasteiger partial charge in [-0.1, -0.05) is 0 Å². The van der Waals surface area contributed by atoms with Crippen molar-refractivity contribution in [1.29, 1.82) is 0 Å². The van der Waals surface area contributed by atoms with Gasteiger partial charge in [-0.15, -0.1) is 0 Å². The molecule has 7 heteroatoms. The molecule has 0 radical (unpaired) electrons. The molecule has 1 aliphatic heterocycles. The van der Waals surface area contributed by atoms with E-state index in [2.05, 4.69) is 15.4 Å². The minimum absolute atomic E-state index is 0.274. The second kappa shape index (κ2) is 6.92. The number of rotatable bonds is 4. The number of halogens is 3. The maximum absolute atomic E-state index is 13.6. The molecule has 3 aromatic rings. The molecule has 4 nitrogen and oxygen atoms in total. The smallest absolute Gasteiger partial charge is 0.263 e. The van der Waals surface area contributed by atoms with Crippen molar-refractivity contribution >= 4 is 0 Å². The zero-order chi connectivity index (χ0) is 18.1. The van der Waals surface area contributed by atoms with Gasteiger partial charge >= 0.3 is 0 Å². The largest absolute Gasteiger partial charge is 0.312 e. The van der Waals surface area contributed by atoms with E-state index in [0.717, 1.165) is 37.0 Å². The van der Waals surface area contributed by atoms with E-state index in [1.54, 1.807) is 6.20 Å². The fourth-order valence-electron chi connectivity index (χ4n) is 3.28. The summed E-state index contributed by atoms with van der Waals surface area (Å²) in [6, 6.07) is 7.17. The molecule has 1 N–H and O–H groups in total. The summed E-state index contributed by atoms with van der Waals surface area (Å²) >= 11 is 0. The number of aromatic nitrogens is 3. The Balaban J connectivity index is 1.64. The molecule has 0 bridgehead atoms. The van der Waals surface area contributed by atoms with Crippen molar-refractivity contribution in [2.75, 3.05) is 6.54 Å². The van der Waals surface area contributed by atoms with Gasteiger partial charge in [0.05, 0.1) is 11.9 Å². The van der Waals surface area contributed by atoms with Crippen molar-refractivity contribution in [3.63, 3.8) is 0 Å². The van der Waals surface area contributed by atoms with Gasteiger partial charge in [0, 0.05) is 54.6 Å². The number of nitrogens with one attached hydrogen (secondary N) is 1. The maximum atomic E-state index is 13.6. The van der Waals surface area contributed by atoms with E-state index in [4.69, 9.17) is 0 Å². The Bertz CT molecular complexity index is 936. The second-order valence-electron chi connectivity index (χ2n) is 6.33. The summed E-state index contributed by atoms with van der Waals surface area (Å²) in [6.07, 6.45) is 1.97. The fraction of sp³-hybridized carbons (Fsp3) is 0.263. The van der Waals surface area contributed by atoms with Crippen molar-refractivity contribution in [2.24, 2.45) is 0 Å². The van der Waals surface area contributed by atoms with Crippen molar-refractivity contribution in [3.8, 4) is 5.69 Å². The lowest BCUT2D eigenvalue weighted by molar-refractivity contribution is 0.151. The number of alkyl halides is 2. The third-order valence-electron chi connectivity index (χ3n) is 4.47. The zero-order valence-electron chi connectivity index (χ0n) is 13.9. The average Bonchev–Trinajstić information content (AvgIpc) is 3.05. The van der Waals surface area contributed by atoms with Crippen LogP contribution in [0.2, 0.25) is 0 Å². The summed E-state index contributed by atoms with van der Waals surface area (Å²) in [5, 5.41) is 7.76. The lowest BCUT2D eigenvalue weighted by Gasteiger charge is -2.15. The monoisotopic (exact) mass is 358 g/mol. The average molecular weight is 358 g/mol. The van der Waals surface area contributed by atoms with Crippen LogP contribution in [-0.4, -0.2) is 21.3 Å². The molecule has 4 rings (SSSR count). The van der Waals surface area contributed by atoms with E-state index in [-0.39, 0.29) is 12.0 Å². The summed E-state index contributed by atoms with van der Waals surface area (Å²) in [7, 11) is 0. The molecular weight excluding hydrogens is 341 g/mol. The number of benzene rings is 1. The van der Waals surface area contributed by atoms with E-state index in [1.165, 1.54) is 17.7 Å². The Hall–Kier alpha value is -2.67. The van der Waals surface area contributed by atoms with Crippen LogP contribution in [0.25, 0.3) is 5.69 Å². The molecule has 26 heavy (non-hydrogen) atoms. The molecule has 0 unspecified atom stereocenters. The molecular formula is C19H17F3N4. The lowest BCUT2D eigenvalue weighted by atomic mass is 10.1. The fourth-order valence-corrected chi connectivity index (χ4v) is 3.28. The molecule has 1 aromatic carbocycles. The molecule has 3 heterocycles. The molecule has 0 amide bonds. The highest BCUT2D eigenvalue weighted by Crippen LogP contribution is 2.23. The predicted molar refractivity (Wildman–Crippen MR) is 90.9 cm³/mol. The number of nitrogens with zero attached hydrogens (tertiary/aromatic N) is 3. The molecule has 0 saturated heterocycles. The number of hydrogen-bond donors (Lipinski definition) is 1. The Kier molecular flexibility index (Phi) is 4.46.